The molecule has 1 saturated carbocycles. The maximum atomic E-state index is 12.5. The lowest BCUT2D eigenvalue weighted by molar-refractivity contribution is 0.0161. The average molecular weight is 381 g/mol. The maximum Gasteiger partial charge on any atom is 0.338 e. The molecule has 0 amide bonds. The number of esters is 1. The van der Waals surface area contributed by atoms with E-state index in [9.17, 15) is 4.79 Å². The number of aryl methyl sites for hydroxylation is 1. The molecule has 3 rings (SSSR count). The molecule has 0 aliphatic heterocycles. The molecule has 1 aliphatic rings. The van der Waals surface area contributed by atoms with Crippen LogP contribution in [0.1, 0.15) is 81.1 Å². The zero-order valence-corrected chi connectivity index (χ0v) is 17.2. The van der Waals surface area contributed by atoms with Crippen LogP contribution in [0.15, 0.2) is 36.7 Å². The summed E-state index contributed by atoms with van der Waals surface area (Å²) < 4.78 is 5.73. The van der Waals surface area contributed by atoms with Gasteiger partial charge >= 0.3 is 5.97 Å². The Labute approximate surface area is 168 Å². The van der Waals surface area contributed by atoms with Gasteiger partial charge in [0.1, 0.15) is 6.10 Å². The highest BCUT2D eigenvalue weighted by Gasteiger charge is 2.23. The van der Waals surface area contributed by atoms with Crippen LogP contribution in [-0.2, 0) is 11.2 Å². The van der Waals surface area contributed by atoms with E-state index in [1.807, 2.05) is 36.7 Å². The molecule has 0 bridgehead atoms. The van der Waals surface area contributed by atoms with E-state index in [0.717, 1.165) is 37.2 Å². The molecule has 0 saturated heterocycles. The van der Waals surface area contributed by atoms with Crippen LogP contribution >= 0.6 is 0 Å². The number of carbonyl (C=O) groups excluding carboxylic acids is 1. The molecule has 0 unspecified atom stereocenters. The van der Waals surface area contributed by atoms with Crippen molar-refractivity contribution < 1.29 is 9.53 Å². The molecule has 1 aromatic heterocycles. The number of hydrogen-bond acceptors (Lipinski definition) is 4. The second kappa shape index (κ2) is 10.4. The Hall–Kier alpha value is -2.23. The number of nitrogens with zero attached hydrogens (tertiary/aromatic N) is 2. The maximum absolute atomic E-state index is 12.5. The predicted molar refractivity (Wildman–Crippen MR) is 112 cm³/mol. The normalized spacial score (nSPS) is 19.4. The van der Waals surface area contributed by atoms with E-state index in [1.54, 1.807) is 0 Å². The summed E-state index contributed by atoms with van der Waals surface area (Å²) in [6, 6.07) is 7.43. The molecular formula is C24H32N2O2. The van der Waals surface area contributed by atoms with Gasteiger partial charge in [-0.3, -0.25) is 0 Å². The lowest BCUT2D eigenvalue weighted by Crippen LogP contribution is -2.24. The van der Waals surface area contributed by atoms with Gasteiger partial charge < -0.3 is 4.74 Å². The third-order valence-electron chi connectivity index (χ3n) is 5.67. The summed E-state index contributed by atoms with van der Waals surface area (Å²) in [5.41, 5.74) is 2.68. The molecule has 28 heavy (non-hydrogen) atoms. The minimum absolute atomic E-state index is 0.0688. The molecule has 0 atom stereocenters. The SMILES string of the molecule is CCCCc1cnc(-c2ccc(C(=O)OC3CCC(CCC)CC3)cc2)nc1. The smallest absolute Gasteiger partial charge is 0.338 e. The van der Waals surface area contributed by atoms with Crippen LogP contribution in [0.2, 0.25) is 0 Å². The third-order valence-corrected chi connectivity index (χ3v) is 5.67. The van der Waals surface area contributed by atoms with Crippen molar-refractivity contribution in [3.8, 4) is 11.4 Å². The lowest BCUT2D eigenvalue weighted by Gasteiger charge is -2.28. The van der Waals surface area contributed by atoms with Gasteiger partial charge in [0.25, 0.3) is 0 Å². The first kappa shape index (κ1) is 20.5. The summed E-state index contributed by atoms with van der Waals surface area (Å²) in [5, 5.41) is 0. The number of benzene rings is 1. The Morgan fingerprint density at radius 1 is 1.00 bits per heavy atom. The van der Waals surface area contributed by atoms with E-state index >= 15 is 0 Å². The van der Waals surface area contributed by atoms with E-state index in [1.165, 1.54) is 37.7 Å². The van der Waals surface area contributed by atoms with E-state index in [0.29, 0.717) is 11.4 Å². The topological polar surface area (TPSA) is 52.1 Å². The second-order valence-corrected chi connectivity index (χ2v) is 7.93. The van der Waals surface area contributed by atoms with E-state index in [-0.39, 0.29) is 12.1 Å². The van der Waals surface area contributed by atoms with Crippen molar-refractivity contribution in [2.75, 3.05) is 0 Å². The first-order valence-corrected chi connectivity index (χ1v) is 10.8. The Balaban J connectivity index is 1.54. The highest BCUT2D eigenvalue weighted by Crippen LogP contribution is 2.29. The molecule has 1 aromatic carbocycles. The zero-order chi connectivity index (χ0) is 19.8. The quantitative estimate of drug-likeness (QED) is 0.527. The Morgan fingerprint density at radius 2 is 1.68 bits per heavy atom. The van der Waals surface area contributed by atoms with Crippen molar-refractivity contribution in [3.05, 3.63) is 47.8 Å². The number of rotatable bonds is 8. The van der Waals surface area contributed by atoms with Gasteiger partial charge in [-0.15, -0.1) is 0 Å². The van der Waals surface area contributed by atoms with Gasteiger partial charge in [-0.05, 0) is 62.1 Å². The van der Waals surface area contributed by atoms with Crippen molar-refractivity contribution in [2.45, 2.75) is 77.7 Å². The van der Waals surface area contributed by atoms with Crippen molar-refractivity contribution >= 4 is 5.97 Å². The molecule has 4 nitrogen and oxygen atoms in total. The Kier molecular flexibility index (Phi) is 7.58. The molecular weight excluding hydrogens is 348 g/mol. The average Bonchev–Trinajstić information content (AvgIpc) is 2.74. The third kappa shape index (κ3) is 5.63. The monoisotopic (exact) mass is 380 g/mol. The van der Waals surface area contributed by atoms with Gasteiger partial charge in [-0.2, -0.15) is 0 Å². The van der Waals surface area contributed by atoms with Gasteiger partial charge in [0.2, 0.25) is 0 Å². The molecule has 1 aliphatic carbocycles. The number of ether oxygens (including phenoxy) is 1. The molecule has 150 valence electrons. The van der Waals surface area contributed by atoms with Crippen LogP contribution in [0.4, 0.5) is 0 Å². The van der Waals surface area contributed by atoms with E-state index in [2.05, 4.69) is 23.8 Å². The Bertz CT molecular complexity index is 732. The van der Waals surface area contributed by atoms with Crippen LogP contribution in [0, 0.1) is 5.92 Å². The fourth-order valence-corrected chi connectivity index (χ4v) is 3.94. The van der Waals surface area contributed by atoms with Crippen LogP contribution in [0.3, 0.4) is 0 Å². The highest BCUT2D eigenvalue weighted by molar-refractivity contribution is 5.90. The summed E-state index contributed by atoms with van der Waals surface area (Å²) >= 11 is 0. The summed E-state index contributed by atoms with van der Waals surface area (Å²) in [4.78, 5) is 21.4. The molecule has 0 radical (unpaired) electrons. The molecule has 1 heterocycles. The number of carbonyl (C=O) groups is 1. The minimum Gasteiger partial charge on any atom is -0.459 e. The second-order valence-electron chi connectivity index (χ2n) is 7.93. The van der Waals surface area contributed by atoms with Crippen LogP contribution in [-0.4, -0.2) is 22.0 Å². The minimum atomic E-state index is -0.221. The van der Waals surface area contributed by atoms with E-state index < -0.39 is 0 Å². The lowest BCUT2D eigenvalue weighted by atomic mass is 9.85. The summed E-state index contributed by atoms with van der Waals surface area (Å²) in [7, 11) is 0. The molecule has 0 N–H and O–H groups in total. The number of aromatic nitrogens is 2. The van der Waals surface area contributed by atoms with Gasteiger partial charge in [0, 0.05) is 18.0 Å². The fourth-order valence-electron chi connectivity index (χ4n) is 3.94. The van der Waals surface area contributed by atoms with Crippen molar-refractivity contribution in [3.63, 3.8) is 0 Å². The van der Waals surface area contributed by atoms with Gasteiger partial charge in [0.05, 0.1) is 5.56 Å². The molecule has 1 fully saturated rings. The van der Waals surface area contributed by atoms with Crippen LogP contribution in [0.25, 0.3) is 11.4 Å². The first-order valence-electron chi connectivity index (χ1n) is 10.8. The van der Waals surface area contributed by atoms with Gasteiger partial charge in [-0.25, -0.2) is 14.8 Å². The predicted octanol–water partition coefficient (Wildman–Crippen LogP) is 6.00. The van der Waals surface area contributed by atoms with Crippen LogP contribution in [0.5, 0.6) is 0 Å². The fraction of sp³-hybridized carbons (Fsp3) is 0.542. The van der Waals surface area contributed by atoms with E-state index in [4.69, 9.17) is 4.74 Å². The van der Waals surface area contributed by atoms with Crippen molar-refractivity contribution in [1.29, 1.82) is 0 Å². The first-order chi connectivity index (χ1) is 13.7. The molecule has 0 spiro atoms. The summed E-state index contributed by atoms with van der Waals surface area (Å²) in [5.74, 6) is 1.28. The summed E-state index contributed by atoms with van der Waals surface area (Å²) in [6.07, 6.45) is 14.1. The van der Waals surface area contributed by atoms with Crippen molar-refractivity contribution in [1.82, 2.24) is 9.97 Å². The Morgan fingerprint density at radius 3 is 2.29 bits per heavy atom. The standard InChI is InChI=1S/C24H32N2O2/c1-3-5-7-19-16-25-23(26-17-19)20-10-12-21(13-11-20)24(27)28-22-14-8-18(6-4-2)9-15-22/h10-13,16-18,22H,3-9,14-15H2,1-2H3. The largest absolute Gasteiger partial charge is 0.459 e. The van der Waals surface area contributed by atoms with Crippen LogP contribution < -0.4 is 0 Å². The number of unbranched alkanes of at least 4 members (excludes halogenated alkanes) is 1. The molecule has 4 heteroatoms. The zero-order valence-electron chi connectivity index (χ0n) is 17.2. The summed E-state index contributed by atoms with van der Waals surface area (Å²) in [6.45, 7) is 4.42. The number of hydrogen-bond donors (Lipinski definition) is 0. The van der Waals surface area contributed by atoms with Gasteiger partial charge in [0.15, 0.2) is 5.82 Å². The van der Waals surface area contributed by atoms with Gasteiger partial charge in [-0.1, -0.05) is 45.2 Å². The molecule has 2 aromatic rings. The van der Waals surface area contributed by atoms with Crippen molar-refractivity contribution in [2.24, 2.45) is 5.92 Å². The highest BCUT2D eigenvalue weighted by atomic mass is 16.5.